The second-order valence-electron chi connectivity index (χ2n) is 6.62. The molecule has 0 aromatic heterocycles. The SMILES string of the molecule is CCOC(=O)N1CCC(NC(=O)CCCNC(=O)c2ccc(OC)cc2)CC1. The highest BCUT2D eigenvalue weighted by Gasteiger charge is 2.24. The number of benzene rings is 1. The maximum absolute atomic E-state index is 12.1. The number of hydrogen-bond donors (Lipinski definition) is 2. The fourth-order valence-corrected chi connectivity index (χ4v) is 3.02. The van der Waals surface area contributed by atoms with Gasteiger partial charge in [-0.25, -0.2) is 4.79 Å². The van der Waals surface area contributed by atoms with Crippen LogP contribution in [0.15, 0.2) is 24.3 Å². The number of rotatable bonds is 8. The van der Waals surface area contributed by atoms with Crippen LogP contribution >= 0.6 is 0 Å². The molecule has 0 unspecified atom stereocenters. The third kappa shape index (κ3) is 6.75. The lowest BCUT2D eigenvalue weighted by Gasteiger charge is -2.31. The maximum Gasteiger partial charge on any atom is 0.409 e. The van der Waals surface area contributed by atoms with Crippen LogP contribution in [0.2, 0.25) is 0 Å². The van der Waals surface area contributed by atoms with E-state index in [-0.39, 0.29) is 23.9 Å². The summed E-state index contributed by atoms with van der Waals surface area (Å²) >= 11 is 0. The molecular formula is C20H29N3O5. The summed E-state index contributed by atoms with van der Waals surface area (Å²) in [6.45, 7) is 3.75. The van der Waals surface area contributed by atoms with Gasteiger partial charge in [-0.1, -0.05) is 0 Å². The van der Waals surface area contributed by atoms with Crippen LogP contribution < -0.4 is 15.4 Å². The van der Waals surface area contributed by atoms with E-state index in [0.717, 1.165) is 12.8 Å². The molecule has 2 N–H and O–H groups in total. The van der Waals surface area contributed by atoms with Crippen LogP contribution in [-0.2, 0) is 9.53 Å². The average molecular weight is 391 g/mol. The Balaban J connectivity index is 1.60. The van der Waals surface area contributed by atoms with E-state index < -0.39 is 0 Å². The standard InChI is InChI=1S/C20H29N3O5/c1-3-28-20(26)23-13-10-16(11-14-23)22-18(24)5-4-12-21-19(25)15-6-8-17(27-2)9-7-15/h6-9,16H,3-5,10-14H2,1-2H3,(H,21,25)(H,22,24). The molecular weight excluding hydrogens is 362 g/mol. The van der Waals surface area contributed by atoms with Crippen molar-refractivity contribution in [3.05, 3.63) is 29.8 Å². The molecule has 1 aromatic rings. The molecule has 0 spiro atoms. The summed E-state index contributed by atoms with van der Waals surface area (Å²) in [5, 5.41) is 5.81. The smallest absolute Gasteiger partial charge is 0.409 e. The normalized spacial score (nSPS) is 14.3. The first-order chi connectivity index (χ1) is 13.5. The van der Waals surface area contributed by atoms with E-state index >= 15 is 0 Å². The Labute approximate surface area is 165 Å². The predicted octanol–water partition coefficient (Wildman–Crippen LogP) is 1.94. The summed E-state index contributed by atoms with van der Waals surface area (Å²) in [7, 11) is 1.57. The van der Waals surface area contributed by atoms with Gasteiger partial charge >= 0.3 is 6.09 Å². The second-order valence-corrected chi connectivity index (χ2v) is 6.62. The van der Waals surface area contributed by atoms with Crippen molar-refractivity contribution in [3.63, 3.8) is 0 Å². The van der Waals surface area contributed by atoms with Crippen LogP contribution in [0, 0.1) is 0 Å². The number of carbonyl (C=O) groups is 3. The van der Waals surface area contributed by atoms with Crippen LogP contribution in [0.4, 0.5) is 4.79 Å². The zero-order chi connectivity index (χ0) is 20.4. The zero-order valence-corrected chi connectivity index (χ0v) is 16.5. The number of carbonyl (C=O) groups excluding carboxylic acids is 3. The fourth-order valence-electron chi connectivity index (χ4n) is 3.02. The molecule has 28 heavy (non-hydrogen) atoms. The van der Waals surface area contributed by atoms with Crippen LogP contribution in [0.25, 0.3) is 0 Å². The summed E-state index contributed by atoms with van der Waals surface area (Å²) in [5.74, 6) is 0.490. The Morgan fingerprint density at radius 2 is 1.82 bits per heavy atom. The Hall–Kier alpha value is -2.77. The third-order valence-electron chi connectivity index (χ3n) is 4.60. The van der Waals surface area contributed by atoms with Crippen molar-refractivity contribution in [2.45, 2.75) is 38.6 Å². The van der Waals surface area contributed by atoms with Crippen molar-refractivity contribution >= 4 is 17.9 Å². The summed E-state index contributed by atoms with van der Waals surface area (Å²) in [4.78, 5) is 37.4. The van der Waals surface area contributed by atoms with Gasteiger partial charge in [0.2, 0.25) is 5.91 Å². The minimum atomic E-state index is -0.292. The monoisotopic (exact) mass is 391 g/mol. The lowest BCUT2D eigenvalue weighted by molar-refractivity contribution is -0.122. The van der Waals surface area contributed by atoms with Gasteiger partial charge in [-0.15, -0.1) is 0 Å². The Morgan fingerprint density at radius 3 is 2.43 bits per heavy atom. The first-order valence-corrected chi connectivity index (χ1v) is 9.66. The van der Waals surface area contributed by atoms with E-state index in [1.54, 1.807) is 43.2 Å². The van der Waals surface area contributed by atoms with E-state index in [4.69, 9.17) is 9.47 Å². The van der Waals surface area contributed by atoms with E-state index in [1.165, 1.54) is 0 Å². The van der Waals surface area contributed by atoms with Gasteiger partial charge in [0.1, 0.15) is 5.75 Å². The maximum atomic E-state index is 12.1. The molecule has 1 saturated heterocycles. The number of nitrogens with zero attached hydrogens (tertiary/aromatic N) is 1. The van der Waals surface area contributed by atoms with Crippen molar-refractivity contribution in [1.29, 1.82) is 0 Å². The molecule has 154 valence electrons. The van der Waals surface area contributed by atoms with Gasteiger partial charge in [0, 0.05) is 37.7 Å². The molecule has 2 rings (SSSR count). The highest BCUT2D eigenvalue weighted by molar-refractivity contribution is 5.94. The number of piperidine rings is 1. The first-order valence-electron chi connectivity index (χ1n) is 9.66. The molecule has 0 atom stereocenters. The molecule has 0 aliphatic carbocycles. The van der Waals surface area contributed by atoms with Crippen molar-refractivity contribution < 1.29 is 23.9 Å². The summed E-state index contributed by atoms with van der Waals surface area (Å²) in [5.41, 5.74) is 0.554. The van der Waals surface area contributed by atoms with Crippen molar-refractivity contribution in [3.8, 4) is 5.75 Å². The van der Waals surface area contributed by atoms with Gasteiger partial charge in [-0.3, -0.25) is 9.59 Å². The number of methoxy groups -OCH3 is 1. The molecule has 0 radical (unpaired) electrons. The molecule has 0 saturated carbocycles. The number of ether oxygens (including phenoxy) is 2. The Kier molecular flexibility index (Phi) is 8.58. The van der Waals surface area contributed by atoms with Crippen LogP contribution in [0.1, 0.15) is 43.0 Å². The molecule has 1 aliphatic rings. The summed E-state index contributed by atoms with van der Waals surface area (Å²) in [6, 6.07) is 6.94. The third-order valence-corrected chi connectivity index (χ3v) is 4.60. The number of nitrogens with one attached hydrogen (secondary N) is 2. The van der Waals surface area contributed by atoms with Crippen molar-refractivity contribution in [2.75, 3.05) is 33.4 Å². The fraction of sp³-hybridized carbons (Fsp3) is 0.550. The molecule has 8 heteroatoms. The highest BCUT2D eigenvalue weighted by atomic mass is 16.6. The van der Waals surface area contributed by atoms with Crippen LogP contribution in [-0.4, -0.2) is 62.2 Å². The lowest BCUT2D eigenvalue weighted by Crippen LogP contribution is -2.46. The van der Waals surface area contributed by atoms with Crippen LogP contribution in [0.3, 0.4) is 0 Å². The molecule has 1 aliphatic heterocycles. The van der Waals surface area contributed by atoms with E-state index in [2.05, 4.69) is 10.6 Å². The average Bonchev–Trinajstić information content (AvgIpc) is 2.72. The number of likely N-dealkylation sites (tertiary alicyclic amines) is 1. The Morgan fingerprint density at radius 1 is 1.14 bits per heavy atom. The van der Waals surface area contributed by atoms with Crippen molar-refractivity contribution in [2.24, 2.45) is 0 Å². The molecule has 1 aromatic carbocycles. The number of hydrogen-bond acceptors (Lipinski definition) is 5. The molecule has 1 heterocycles. The lowest BCUT2D eigenvalue weighted by atomic mass is 10.1. The molecule has 0 bridgehead atoms. The minimum absolute atomic E-state index is 0.0340. The van der Waals surface area contributed by atoms with Gasteiger partial charge in [0.25, 0.3) is 5.91 Å². The first kappa shape index (κ1) is 21.5. The molecule has 1 fully saturated rings. The van der Waals surface area contributed by atoms with E-state index in [0.29, 0.717) is 50.4 Å². The number of amides is 3. The van der Waals surface area contributed by atoms with Crippen molar-refractivity contribution in [1.82, 2.24) is 15.5 Å². The largest absolute Gasteiger partial charge is 0.497 e. The quantitative estimate of drug-likeness (QED) is 0.660. The summed E-state index contributed by atoms with van der Waals surface area (Å²) in [6.07, 6.45) is 2.06. The minimum Gasteiger partial charge on any atom is -0.497 e. The molecule has 3 amide bonds. The second kappa shape index (κ2) is 11.2. The van der Waals surface area contributed by atoms with E-state index in [1.807, 2.05) is 0 Å². The zero-order valence-electron chi connectivity index (χ0n) is 16.5. The molecule has 8 nitrogen and oxygen atoms in total. The van der Waals surface area contributed by atoms with Gasteiger partial charge in [0.15, 0.2) is 0 Å². The van der Waals surface area contributed by atoms with Gasteiger partial charge in [-0.05, 0) is 50.5 Å². The summed E-state index contributed by atoms with van der Waals surface area (Å²) < 4.78 is 10.0. The highest BCUT2D eigenvalue weighted by Crippen LogP contribution is 2.12. The van der Waals surface area contributed by atoms with Gasteiger partial charge in [-0.2, -0.15) is 0 Å². The van der Waals surface area contributed by atoms with Gasteiger partial charge < -0.3 is 25.0 Å². The van der Waals surface area contributed by atoms with E-state index in [9.17, 15) is 14.4 Å². The topological polar surface area (TPSA) is 97.0 Å². The van der Waals surface area contributed by atoms with Crippen LogP contribution in [0.5, 0.6) is 5.75 Å². The Bertz CT molecular complexity index is 654. The van der Waals surface area contributed by atoms with Gasteiger partial charge in [0.05, 0.1) is 13.7 Å². The predicted molar refractivity (Wildman–Crippen MR) is 104 cm³/mol.